The Morgan fingerprint density at radius 3 is 1.67 bits per heavy atom. The molecule has 0 bridgehead atoms. The van der Waals surface area contributed by atoms with Crippen LogP contribution in [0.5, 0.6) is 0 Å². The minimum absolute atomic E-state index is 0.964. The summed E-state index contributed by atoms with van der Waals surface area (Å²) in [5, 5.41) is 4.35. The third-order valence-corrected chi connectivity index (χ3v) is 6.77. The Bertz CT molecular complexity index is 1220. The van der Waals surface area contributed by atoms with Crippen LogP contribution in [0.4, 0.5) is 0 Å². The fraction of sp³-hybridized carbons (Fsp3) is 0. The van der Waals surface area contributed by atoms with Crippen LogP contribution in [0.1, 0.15) is 0 Å². The Morgan fingerprint density at radius 2 is 1.03 bits per heavy atom. The summed E-state index contributed by atoms with van der Waals surface area (Å²) in [5.41, 5.74) is 2.24. The Kier molecular flexibility index (Phi) is 5.51. The molecule has 0 atom stereocenters. The number of aromatic nitrogens is 2. The highest BCUT2D eigenvalue weighted by molar-refractivity contribution is 8.00. The van der Waals surface area contributed by atoms with Crippen molar-refractivity contribution in [2.75, 3.05) is 0 Å². The van der Waals surface area contributed by atoms with E-state index in [2.05, 4.69) is 91.0 Å². The van der Waals surface area contributed by atoms with Gasteiger partial charge in [0, 0.05) is 15.4 Å². The molecule has 5 aromatic rings. The molecule has 0 radical (unpaired) electrons. The second-order valence-corrected chi connectivity index (χ2v) is 8.84. The topological polar surface area (TPSA) is 25.8 Å². The molecule has 144 valence electrons. The molecule has 0 amide bonds. The maximum Gasteiger partial charge on any atom is 0.118 e. The van der Waals surface area contributed by atoms with Crippen LogP contribution >= 0.6 is 23.5 Å². The molecule has 30 heavy (non-hydrogen) atoms. The molecular formula is C26H18N2S2. The van der Waals surface area contributed by atoms with Gasteiger partial charge >= 0.3 is 0 Å². The molecule has 0 aliphatic carbocycles. The lowest BCUT2D eigenvalue weighted by Crippen LogP contribution is -1.95. The molecule has 0 saturated heterocycles. The van der Waals surface area contributed by atoms with E-state index in [0.29, 0.717) is 0 Å². The molecule has 0 N–H and O–H groups in total. The lowest BCUT2D eigenvalue weighted by molar-refractivity contribution is 0.972. The quantitative estimate of drug-likeness (QED) is 0.272. The summed E-state index contributed by atoms with van der Waals surface area (Å²) in [6, 6.07) is 35.7. The van der Waals surface area contributed by atoms with Gasteiger partial charge in [-0.25, -0.2) is 9.97 Å². The zero-order chi connectivity index (χ0) is 20.2. The molecular weight excluding hydrogens is 404 g/mol. The molecule has 0 aliphatic heterocycles. The van der Waals surface area contributed by atoms with Gasteiger partial charge in [0.05, 0.1) is 0 Å². The van der Waals surface area contributed by atoms with Crippen LogP contribution < -0.4 is 0 Å². The van der Waals surface area contributed by atoms with Crippen molar-refractivity contribution in [3.63, 3.8) is 0 Å². The Hall–Kier alpha value is -3.08. The average Bonchev–Trinajstić information content (AvgIpc) is 2.80. The van der Waals surface area contributed by atoms with Crippen LogP contribution in [0.3, 0.4) is 0 Å². The summed E-state index contributed by atoms with van der Waals surface area (Å²) in [7, 11) is 0. The first-order valence-corrected chi connectivity index (χ1v) is 11.3. The van der Waals surface area contributed by atoms with Gasteiger partial charge in [0.2, 0.25) is 0 Å². The highest BCUT2D eigenvalue weighted by Crippen LogP contribution is 2.43. The van der Waals surface area contributed by atoms with Gasteiger partial charge in [0.1, 0.15) is 16.4 Å². The van der Waals surface area contributed by atoms with Crippen LogP contribution in [0, 0.1) is 0 Å². The zero-order valence-corrected chi connectivity index (χ0v) is 17.7. The monoisotopic (exact) mass is 422 g/mol. The highest BCUT2D eigenvalue weighted by Gasteiger charge is 2.18. The summed E-state index contributed by atoms with van der Waals surface area (Å²) in [5.74, 6) is 0. The van der Waals surface area contributed by atoms with Gasteiger partial charge in [-0.2, -0.15) is 0 Å². The van der Waals surface area contributed by atoms with Crippen LogP contribution in [0.25, 0.3) is 21.9 Å². The van der Waals surface area contributed by atoms with E-state index in [1.54, 1.807) is 29.9 Å². The third kappa shape index (κ3) is 3.97. The molecule has 0 unspecified atom stereocenters. The van der Waals surface area contributed by atoms with Crippen molar-refractivity contribution in [2.24, 2.45) is 0 Å². The number of rotatable bonds is 5. The van der Waals surface area contributed by atoms with Crippen molar-refractivity contribution in [3.8, 4) is 11.1 Å². The van der Waals surface area contributed by atoms with Gasteiger partial charge in [0.15, 0.2) is 0 Å². The lowest BCUT2D eigenvalue weighted by atomic mass is 10.0. The summed E-state index contributed by atoms with van der Waals surface area (Å²) < 4.78 is 0. The first-order chi connectivity index (χ1) is 14.9. The smallest absolute Gasteiger partial charge is 0.118 e. The van der Waals surface area contributed by atoms with E-state index in [1.807, 2.05) is 12.1 Å². The number of benzene rings is 4. The normalized spacial score (nSPS) is 10.9. The van der Waals surface area contributed by atoms with E-state index in [-0.39, 0.29) is 0 Å². The molecule has 2 nitrogen and oxygen atoms in total. The van der Waals surface area contributed by atoms with Crippen molar-refractivity contribution in [1.29, 1.82) is 0 Å². The fourth-order valence-electron chi connectivity index (χ4n) is 3.38. The minimum atomic E-state index is 0.964. The van der Waals surface area contributed by atoms with Crippen molar-refractivity contribution in [3.05, 3.63) is 109 Å². The first kappa shape index (κ1) is 18.9. The second kappa shape index (κ2) is 8.74. The Morgan fingerprint density at radius 1 is 0.500 bits per heavy atom. The van der Waals surface area contributed by atoms with Crippen molar-refractivity contribution in [1.82, 2.24) is 9.97 Å². The fourth-order valence-corrected chi connectivity index (χ4v) is 5.30. The SMILES string of the molecule is c1ccc(Sc2ncnc(Sc3ccccc3)c2-c2cccc3ccccc23)cc1. The maximum absolute atomic E-state index is 4.70. The molecule has 1 heterocycles. The molecule has 0 fully saturated rings. The summed E-state index contributed by atoms with van der Waals surface area (Å²) >= 11 is 3.36. The van der Waals surface area contributed by atoms with Gasteiger partial charge < -0.3 is 0 Å². The van der Waals surface area contributed by atoms with Gasteiger partial charge in [-0.05, 0) is 40.6 Å². The lowest BCUT2D eigenvalue weighted by Gasteiger charge is -2.15. The molecule has 4 heteroatoms. The van der Waals surface area contributed by atoms with Crippen LogP contribution in [-0.2, 0) is 0 Å². The van der Waals surface area contributed by atoms with Gasteiger partial charge in [0.25, 0.3) is 0 Å². The molecule has 4 aromatic carbocycles. The first-order valence-electron chi connectivity index (χ1n) is 9.67. The zero-order valence-electron chi connectivity index (χ0n) is 16.1. The van der Waals surface area contributed by atoms with E-state index < -0.39 is 0 Å². The minimum Gasteiger partial charge on any atom is -0.229 e. The van der Waals surface area contributed by atoms with Gasteiger partial charge in [-0.15, -0.1) is 0 Å². The van der Waals surface area contributed by atoms with E-state index in [0.717, 1.165) is 31.0 Å². The van der Waals surface area contributed by atoms with Crippen LogP contribution in [0.15, 0.2) is 129 Å². The number of fused-ring (bicyclic) bond motifs is 1. The summed E-state index contributed by atoms with van der Waals surface area (Å²) in [6.45, 7) is 0. The number of hydrogen-bond donors (Lipinski definition) is 0. The van der Waals surface area contributed by atoms with Gasteiger partial charge in [-0.3, -0.25) is 0 Å². The number of nitrogens with zero attached hydrogens (tertiary/aromatic N) is 2. The standard InChI is InChI=1S/C26H18N2S2/c1-3-12-20(13-4-1)29-25-24(23-17-9-11-19-10-7-8-16-22(19)23)26(28-18-27-25)30-21-14-5-2-6-15-21/h1-18H. The molecule has 0 aliphatic rings. The van der Waals surface area contributed by atoms with Gasteiger partial charge in [-0.1, -0.05) is 102 Å². The predicted molar refractivity (Wildman–Crippen MR) is 126 cm³/mol. The predicted octanol–water partition coefficient (Wildman–Crippen LogP) is 7.60. The van der Waals surface area contributed by atoms with Crippen LogP contribution in [-0.4, -0.2) is 9.97 Å². The second-order valence-electron chi connectivity index (χ2n) is 6.72. The molecule has 1 aromatic heterocycles. The largest absolute Gasteiger partial charge is 0.229 e. The van der Waals surface area contributed by atoms with Crippen molar-refractivity contribution in [2.45, 2.75) is 19.8 Å². The van der Waals surface area contributed by atoms with E-state index in [9.17, 15) is 0 Å². The van der Waals surface area contributed by atoms with Crippen molar-refractivity contribution >= 4 is 34.3 Å². The summed E-state index contributed by atoms with van der Waals surface area (Å²) in [6.07, 6.45) is 1.67. The Balaban J connectivity index is 1.71. The van der Waals surface area contributed by atoms with Crippen LogP contribution in [0.2, 0.25) is 0 Å². The maximum atomic E-state index is 4.70. The Labute approximate surface area is 184 Å². The third-order valence-electron chi connectivity index (χ3n) is 4.75. The summed E-state index contributed by atoms with van der Waals surface area (Å²) in [4.78, 5) is 11.7. The van der Waals surface area contributed by atoms with Crippen molar-refractivity contribution < 1.29 is 0 Å². The van der Waals surface area contributed by atoms with E-state index >= 15 is 0 Å². The molecule has 0 spiro atoms. The number of hydrogen-bond acceptors (Lipinski definition) is 4. The van der Waals surface area contributed by atoms with E-state index in [4.69, 9.17) is 9.97 Å². The molecule has 5 rings (SSSR count). The molecule has 0 saturated carbocycles. The average molecular weight is 423 g/mol. The highest BCUT2D eigenvalue weighted by atomic mass is 32.2. The van der Waals surface area contributed by atoms with E-state index in [1.165, 1.54) is 10.8 Å².